The van der Waals surface area contributed by atoms with E-state index >= 15 is 0 Å². The highest BCUT2D eigenvalue weighted by atomic mass is 35.5. The predicted molar refractivity (Wildman–Crippen MR) is 63.1 cm³/mol. The fourth-order valence-corrected chi connectivity index (χ4v) is 1.60. The number of nitrogens with one attached hydrogen (secondary N) is 1. The number of benzene rings is 1. The van der Waals surface area contributed by atoms with Gasteiger partial charge in [0.05, 0.1) is 0 Å². The van der Waals surface area contributed by atoms with Crippen LogP contribution in [0.15, 0.2) is 24.3 Å². The molecule has 0 saturated heterocycles. The van der Waals surface area contributed by atoms with Crippen LogP contribution >= 0.6 is 23.2 Å². The van der Waals surface area contributed by atoms with Gasteiger partial charge in [0.2, 0.25) is 0 Å². The Hall–Kier alpha value is -0.240. The first-order valence-corrected chi connectivity index (χ1v) is 5.76. The summed E-state index contributed by atoms with van der Waals surface area (Å²) >= 11 is 11.6. The van der Waals surface area contributed by atoms with Gasteiger partial charge >= 0.3 is 0 Å². The highest BCUT2D eigenvalue weighted by molar-refractivity contribution is 6.31. The van der Waals surface area contributed by atoms with Crippen LogP contribution in [-0.2, 0) is 6.54 Å². The summed E-state index contributed by atoms with van der Waals surface area (Å²) in [5, 5.41) is 4.17. The largest absolute Gasteiger partial charge is 0.313 e. The molecule has 0 unspecified atom stereocenters. The third-order valence-electron chi connectivity index (χ3n) is 2.01. The van der Waals surface area contributed by atoms with Crippen molar-refractivity contribution in [2.75, 3.05) is 12.4 Å². The smallest absolute Gasteiger partial charge is 0.0450 e. The summed E-state index contributed by atoms with van der Waals surface area (Å²) in [5.74, 6) is 0.744. The van der Waals surface area contributed by atoms with E-state index in [-0.39, 0.29) is 0 Å². The Morgan fingerprint density at radius 2 is 1.93 bits per heavy atom. The first-order chi connectivity index (χ1) is 6.84. The molecule has 0 amide bonds. The van der Waals surface area contributed by atoms with Gasteiger partial charge in [-0.15, -0.1) is 11.6 Å². The Balaban J connectivity index is 2.21. The zero-order chi connectivity index (χ0) is 10.2. The molecule has 0 aliphatic rings. The van der Waals surface area contributed by atoms with E-state index in [1.54, 1.807) is 0 Å². The summed E-state index contributed by atoms with van der Waals surface area (Å²) in [4.78, 5) is 0. The van der Waals surface area contributed by atoms with Crippen LogP contribution in [0.25, 0.3) is 0 Å². The molecule has 0 bridgehead atoms. The van der Waals surface area contributed by atoms with Gasteiger partial charge in [-0.3, -0.25) is 0 Å². The van der Waals surface area contributed by atoms with Crippen molar-refractivity contribution in [2.24, 2.45) is 0 Å². The maximum Gasteiger partial charge on any atom is 0.0450 e. The van der Waals surface area contributed by atoms with Gasteiger partial charge in [-0.05, 0) is 31.0 Å². The van der Waals surface area contributed by atoms with Crippen molar-refractivity contribution in [1.82, 2.24) is 5.32 Å². The maximum absolute atomic E-state index is 6.00. The normalized spacial score (nSPS) is 10.4. The van der Waals surface area contributed by atoms with Crippen LogP contribution in [0.1, 0.15) is 18.4 Å². The van der Waals surface area contributed by atoms with Crippen molar-refractivity contribution in [1.29, 1.82) is 0 Å². The SMILES string of the molecule is ClCCCCNCc1ccccc1Cl. The molecule has 0 atom stereocenters. The molecule has 1 aromatic rings. The van der Waals surface area contributed by atoms with E-state index in [0.717, 1.165) is 42.4 Å². The standard InChI is InChI=1S/C11H15Cl2N/c12-7-3-4-8-14-9-10-5-1-2-6-11(10)13/h1-2,5-6,14H,3-4,7-9H2. The summed E-state index contributed by atoms with van der Waals surface area (Å²) in [6.07, 6.45) is 2.19. The minimum absolute atomic E-state index is 0.744. The number of hydrogen-bond acceptors (Lipinski definition) is 1. The predicted octanol–water partition coefficient (Wildman–Crippen LogP) is 3.45. The van der Waals surface area contributed by atoms with Gasteiger partial charge in [-0.1, -0.05) is 29.8 Å². The quantitative estimate of drug-likeness (QED) is 0.585. The van der Waals surface area contributed by atoms with Gasteiger partial charge in [-0.25, -0.2) is 0 Å². The van der Waals surface area contributed by atoms with Crippen LogP contribution in [0, 0.1) is 0 Å². The molecule has 0 fully saturated rings. The Kier molecular flexibility index (Phi) is 6.00. The second-order valence-corrected chi connectivity index (χ2v) is 3.95. The molecule has 3 heteroatoms. The van der Waals surface area contributed by atoms with E-state index in [1.807, 2.05) is 24.3 Å². The van der Waals surface area contributed by atoms with E-state index in [4.69, 9.17) is 23.2 Å². The monoisotopic (exact) mass is 231 g/mol. The molecule has 0 spiro atoms. The fourth-order valence-electron chi connectivity index (χ4n) is 1.21. The number of hydrogen-bond donors (Lipinski definition) is 1. The van der Waals surface area contributed by atoms with Crippen molar-refractivity contribution in [3.63, 3.8) is 0 Å². The third kappa shape index (κ3) is 4.32. The third-order valence-corrected chi connectivity index (χ3v) is 2.65. The van der Waals surface area contributed by atoms with Crippen molar-refractivity contribution in [2.45, 2.75) is 19.4 Å². The van der Waals surface area contributed by atoms with Gasteiger partial charge in [0.1, 0.15) is 0 Å². The van der Waals surface area contributed by atoms with Crippen molar-refractivity contribution < 1.29 is 0 Å². The Morgan fingerprint density at radius 1 is 1.14 bits per heavy atom. The van der Waals surface area contributed by atoms with Crippen LogP contribution in [-0.4, -0.2) is 12.4 Å². The minimum atomic E-state index is 0.744. The Morgan fingerprint density at radius 3 is 2.64 bits per heavy atom. The van der Waals surface area contributed by atoms with E-state index in [9.17, 15) is 0 Å². The Bertz CT molecular complexity index is 263. The van der Waals surface area contributed by atoms with Crippen LogP contribution in [0.3, 0.4) is 0 Å². The molecule has 0 saturated carbocycles. The van der Waals surface area contributed by atoms with Crippen molar-refractivity contribution in [3.05, 3.63) is 34.9 Å². The first kappa shape index (κ1) is 11.8. The van der Waals surface area contributed by atoms with E-state index in [2.05, 4.69) is 5.32 Å². The number of halogens is 2. The van der Waals surface area contributed by atoms with Gasteiger partial charge < -0.3 is 5.32 Å². The van der Waals surface area contributed by atoms with Crippen molar-refractivity contribution in [3.8, 4) is 0 Å². The summed E-state index contributed by atoms with van der Waals surface area (Å²) in [6, 6.07) is 7.90. The second-order valence-electron chi connectivity index (χ2n) is 3.16. The number of unbranched alkanes of at least 4 members (excludes halogenated alkanes) is 1. The zero-order valence-corrected chi connectivity index (χ0v) is 9.61. The number of rotatable bonds is 6. The highest BCUT2D eigenvalue weighted by Crippen LogP contribution is 2.14. The van der Waals surface area contributed by atoms with Crippen LogP contribution in [0.4, 0.5) is 0 Å². The van der Waals surface area contributed by atoms with Gasteiger partial charge in [0.15, 0.2) is 0 Å². The van der Waals surface area contributed by atoms with Crippen LogP contribution in [0.2, 0.25) is 5.02 Å². The van der Waals surface area contributed by atoms with Crippen LogP contribution in [0.5, 0.6) is 0 Å². The maximum atomic E-state index is 6.00. The lowest BCUT2D eigenvalue weighted by molar-refractivity contribution is 0.643. The van der Waals surface area contributed by atoms with Gasteiger partial charge in [0, 0.05) is 17.4 Å². The van der Waals surface area contributed by atoms with Gasteiger partial charge in [0.25, 0.3) is 0 Å². The Labute approximate surface area is 95.4 Å². The number of alkyl halides is 1. The molecule has 0 aliphatic heterocycles. The molecule has 1 rings (SSSR count). The molecule has 1 N–H and O–H groups in total. The van der Waals surface area contributed by atoms with E-state index in [0.29, 0.717) is 0 Å². The molecule has 1 aromatic carbocycles. The van der Waals surface area contributed by atoms with E-state index in [1.165, 1.54) is 0 Å². The van der Waals surface area contributed by atoms with Crippen molar-refractivity contribution >= 4 is 23.2 Å². The average molecular weight is 232 g/mol. The molecular formula is C11H15Cl2N. The highest BCUT2D eigenvalue weighted by Gasteiger charge is 1.96. The lowest BCUT2D eigenvalue weighted by atomic mass is 10.2. The summed E-state index contributed by atoms with van der Waals surface area (Å²) in [5.41, 5.74) is 1.15. The first-order valence-electron chi connectivity index (χ1n) is 4.84. The topological polar surface area (TPSA) is 12.0 Å². The summed E-state index contributed by atoms with van der Waals surface area (Å²) < 4.78 is 0. The second kappa shape index (κ2) is 7.10. The molecule has 14 heavy (non-hydrogen) atoms. The molecule has 1 nitrogen and oxygen atoms in total. The molecule has 78 valence electrons. The molecular weight excluding hydrogens is 217 g/mol. The molecule has 0 heterocycles. The zero-order valence-electron chi connectivity index (χ0n) is 8.10. The minimum Gasteiger partial charge on any atom is -0.313 e. The van der Waals surface area contributed by atoms with Crippen LogP contribution < -0.4 is 5.32 Å². The molecule has 0 radical (unpaired) electrons. The van der Waals surface area contributed by atoms with Gasteiger partial charge in [-0.2, -0.15) is 0 Å². The lowest BCUT2D eigenvalue weighted by Gasteiger charge is -2.05. The summed E-state index contributed by atoms with van der Waals surface area (Å²) in [6.45, 7) is 1.83. The fraction of sp³-hybridized carbons (Fsp3) is 0.455. The lowest BCUT2D eigenvalue weighted by Crippen LogP contribution is -2.14. The summed E-state index contributed by atoms with van der Waals surface area (Å²) in [7, 11) is 0. The average Bonchev–Trinajstić information content (AvgIpc) is 2.20. The molecule has 0 aliphatic carbocycles. The molecule has 0 aromatic heterocycles. The van der Waals surface area contributed by atoms with E-state index < -0.39 is 0 Å².